The Kier molecular flexibility index (Phi) is 4.50. The van der Waals surface area contributed by atoms with Gasteiger partial charge in [-0.15, -0.1) is 0 Å². The Morgan fingerprint density at radius 2 is 1.93 bits per heavy atom. The van der Waals surface area contributed by atoms with Crippen molar-refractivity contribution in [1.29, 1.82) is 0 Å². The second-order valence-electron chi connectivity index (χ2n) is 7.79. The zero-order valence-corrected chi connectivity index (χ0v) is 15.9. The van der Waals surface area contributed by atoms with E-state index in [4.69, 9.17) is 4.74 Å². The molecular weight excluding hydrogens is 354 g/mol. The van der Waals surface area contributed by atoms with Crippen LogP contribution < -0.4 is 4.74 Å². The van der Waals surface area contributed by atoms with Crippen LogP contribution in [0.2, 0.25) is 0 Å². The van der Waals surface area contributed by atoms with Gasteiger partial charge in [0.05, 0.1) is 5.52 Å². The van der Waals surface area contributed by atoms with Crippen molar-refractivity contribution in [3.63, 3.8) is 0 Å². The highest BCUT2D eigenvalue weighted by molar-refractivity contribution is 5.90. The number of aromatic nitrogens is 4. The van der Waals surface area contributed by atoms with Gasteiger partial charge in [-0.2, -0.15) is 5.10 Å². The summed E-state index contributed by atoms with van der Waals surface area (Å²) in [6, 6.07) is 9.15. The van der Waals surface area contributed by atoms with Crippen molar-refractivity contribution >= 4 is 16.8 Å². The van der Waals surface area contributed by atoms with Crippen LogP contribution in [-0.2, 0) is 0 Å². The highest BCUT2D eigenvalue weighted by atomic mass is 16.5. The highest BCUT2D eigenvalue weighted by Crippen LogP contribution is 2.36. The fraction of sp³-hybridized carbons (Fsp3) is 0.476. The molecule has 1 aliphatic heterocycles. The summed E-state index contributed by atoms with van der Waals surface area (Å²) in [5.41, 5.74) is 1.27. The molecule has 3 aromatic rings. The van der Waals surface area contributed by atoms with Gasteiger partial charge in [0.1, 0.15) is 18.2 Å². The third kappa shape index (κ3) is 3.15. The molecule has 0 unspecified atom stereocenters. The third-order valence-electron chi connectivity index (χ3n) is 6.08. The molecule has 7 heteroatoms. The van der Waals surface area contributed by atoms with Crippen LogP contribution >= 0.6 is 0 Å². The first kappa shape index (κ1) is 17.3. The van der Waals surface area contributed by atoms with Crippen LogP contribution in [0.25, 0.3) is 10.9 Å². The molecule has 28 heavy (non-hydrogen) atoms. The lowest BCUT2D eigenvalue weighted by Gasteiger charge is -2.31. The number of fused-ring (bicyclic) bond motifs is 1. The fourth-order valence-electron chi connectivity index (χ4n) is 4.58. The van der Waals surface area contributed by atoms with Gasteiger partial charge in [0, 0.05) is 43.6 Å². The van der Waals surface area contributed by atoms with Crippen molar-refractivity contribution in [1.82, 2.24) is 24.6 Å². The van der Waals surface area contributed by atoms with Gasteiger partial charge in [0.15, 0.2) is 0 Å². The molecule has 1 aromatic carbocycles. The van der Waals surface area contributed by atoms with Crippen molar-refractivity contribution in [2.75, 3.05) is 13.1 Å². The minimum absolute atomic E-state index is 0.0910. The Morgan fingerprint density at radius 1 is 1.11 bits per heavy atom. The van der Waals surface area contributed by atoms with Crippen LogP contribution in [0.5, 0.6) is 5.75 Å². The predicted molar refractivity (Wildman–Crippen MR) is 105 cm³/mol. The summed E-state index contributed by atoms with van der Waals surface area (Å²) in [6.07, 6.45) is 10.5. The number of H-pyrrole nitrogens is 1. The van der Waals surface area contributed by atoms with E-state index in [1.807, 2.05) is 4.90 Å². The molecule has 7 nitrogen and oxygen atoms in total. The summed E-state index contributed by atoms with van der Waals surface area (Å²) in [4.78, 5) is 18.2. The van der Waals surface area contributed by atoms with Gasteiger partial charge in [-0.05, 0) is 31.0 Å². The molecule has 1 amide bonds. The lowest BCUT2D eigenvalue weighted by molar-refractivity contribution is 0.0587. The molecule has 146 valence electrons. The zero-order chi connectivity index (χ0) is 18.9. The number of nitrogens with one attached hydrogen (secondary N) is 1. The topological polar surface area (TPSA) is 76.0 Å². The zero-order valence-electron chi connectivity index (χ0n) is 15.9. The first-order chi connectivity index (χ1) is 13.8. The summed E-state index contributed by atoms with van der Waals surface area (Å²) in [7, 11) is 0. The molecule has 1 aliphatic carbocycles. The number of benzene rings is 1. The number of piperidine rings is 1. The standard InChI is InChI=1S/C21H25N5O2/c27-21(20-22-14-23-24-20)25-11-8-16(9-12-25)28-19-7-3-6-18-17(19)10-13-26(18)15-4-1-2-5-15/h3,6-7,10,13-16H,1-2,4-5,8-9,11-12H2,(H,22,23,24). The molecule has 3 heterocycles. The number of carbonyl (C=O) groups is 1. The second-order valence-corrected chi connectivity index (χ2v) is 7.79. The SMILES string of the molecule is O=C(c1ncn[nH]1)N1CCC(Oc2cccc3c2ccn3C2CCCC2)CC1. The Balaban J connectivity index is 1.27. The van der Waals surface area contributed by atoms with Crippen molar-refractivity contribution in [3.05, 3.63) is 42.6 Å². The van der Waals surface area contributed by atoms with E-state index in [1.54, 1.807) is 0 Å². The molecule has 2 aliphatic rings. The first-order valence-electron chi connectivity index (χ1n) is 10.2. The van der Waals surface area contributed by atoms with Crippen molar-refractivity contribution in [3.8, 4) is 5.75 Å². The largest absolute Gasteiger partial charge is 0.490 e. The number of hydrogen-bond donors (Lipinski definition) is 1. The number of nitrogens with zero attached hydrogens (tertiary/aromatic N) is 4. The lowest BCUT2D eigenvalue weighted by Crippen LogP contribution is -2.42. The molecule has 0 atom stereocenters. The molecule has 0 spiro atoms. The van der Waals surface area contributed by atoms with Gasteiger partial charge in [0.2, 0.25) is 5.82 Å². The van der Waals surface area contributed by atoms with E-state index >= 15 is 0 Å². The average molecular weight is 379 g/mol. The maximum absolute atomic E-state index is 12.4. The van der Waals surface area contributed by atoms with E-state index in [0.717, 1.165) is 18.6 Å². The van der Waals surface area contributed by atoms with E-state index in [9.17, 15) is 4.79 Å². The maximum atomic E-state index is 12.4. The Hall–Kier alpha value is -2.83. The molecule has 5 rings (SSSR count). The van der Waals surface area contributed by atoms with Gasteiger partial charge in [-0.1, -0.05) is 18.9 Å². The van der Waals surface area contributed by atoms with Gasteiger partial charge in [-0.25, -0.2) is 4.98 Å². The molecule has 2 aromatic heterocycles. The van der Waals surface area contributed by atoms with Crippen LogP contribution in [0.4, 0.5) is 0 Å². The minimum atomic E-state index is -0.0910. The molecule has 1 saturated carbocycles. The summed E-state index contributed by atoms with van der Waals surface area (Å²) in [5.74, 6) is 1.17. The first-order valence-corrected chi connectivity index (χ1v) is 10.2. The number of amides is 1. The monoisotopic (exact) mass is 379 g/mol. The van der Waals surface area contributed by atoms with E-state index < -0.39 is 0 Å². The van der Waals surface area contributed by atoms with Gasteiger partial charge < -0.3 is 14.2 Å². The lowest BCUT2D eigenvalue weighted by atomic mass is 10.1. The summed E-state index contributed by atoms with van der Waals surface area (Å²) in [6.45, 7) is 1.34. The molecule has 1 saturated heterocycles. The van der Waals surface area contributed by atoms with E-state index in [0.29, 0.717) is 25.0 Å². The predicted octanol–water partition coefficient (Wildman–Crippen LogP) is 3.56. The number of ether oxygens (including phenoxy) is 1. The molecule has 2 fully saturated rings. The molecule has 0 radical (unpaired) electrons. The van der Waals surface area contributed by atoms with Crippen molar-refractivity contribution < 1.29 is 9.53 Å². The molecular formula is C21H25N5O2. The number of hydrogen-bond acceptors (Lipinski definition) is 4. The van der Waals surface area contributed by atoms with Crippen molar-refractivity contribution in [2.45, 2.75) is 50.7 Å². The van der Waals surface area contributed by atoms with Gasteiger partial charge in [-0.3, -0.25) is 9.89 Å². The fourth-order valence-corrected chi connectivity index (χ4v) is 4.58. The van der Waals surface area contributed by atoms with Crippen LogP contribution in [0, 0.1) is 0 Å². The smallest absolute Gasteiger partial charge is 0.291 e. The van der Waals surface area contributed by atoms with Crippen LogP contribution in [-0.4, -0.2) is 49.7 Å². The Morgan fingerprint density at radius 3 is 2.68 bits per heavy atom. The summed E-state index contributed by atoms with van der Waals surface area (Å²) >= 11 is 0. The molecule has 0 bridgehead atoms. The van der Waals surface area contributed by atoms with E-state index in [1.165, 1.54) is 42.9 Å². The maximum Gasteiger partial charge on any atom is 0.291 e. The van der Waals surface area contributed by atoms with E-state index in [-0.39, 0.29) is 12.0 Å². The number of likely N-dealkylation sites (tertiary alicyclic amines) is 1. The molecule has 1 N–H and O–H groups in total. The number of aromatic amines is 1. The highest BCUT2D eigenvalue weighted by Gasteiger charge is 2.27. The average Bonchev–Trinajstić information content (AvgIpc) is 3.49. The minimum Gasteiger partial charge on any atom is -0.490 e. The number of carbonyl (C=O) groups excluding carboxylic acids is 1. The summed E-state index contributed by atoms with van der Waals surface area (Å²) < 4.78 is 8.80. The van der Waals surface area contributed by atoms with Gasteiger partial charge in [0.25, 0.3) is 5.91 Å². The van der Waals surface area contributed by atoms with Gasteiger partial charge >= 0.3 is 0 Å². The van der Waals surface area contributed by atoms with Crippen LogP contribution in [0.15, 0.2) is 36.8 Å². The normalized spacial score (nSPS) is 18.8. The quantitative estimate of drug-likeness (QED) is 0.752. The second kappa shape index (κ2) is 7.30. The Labute approximate surface area is 163 Å². The Bertz CT molecular complexity index is 951. The van der Waals surface area contributed by atoms with Crippen LogP contribution in [0.1, 0.15) is 55.2 Å². The summed E-state index contributed by atoms with van der Waals surface area (Å²) in [5, 5.41) is 7.59. The van der Waals surface area contributed by atoms with E-state index in [2.05, 4.69) is 50.2 Å². The number of rotatable bonds is 4. The third-order valence-corrected chi connectivity index (χ3v) is 6.08. The van der Waals surface area contributed by atoms with Crippen molar-refractivity contribution in [2.24, 2.45) is 0 Å². The van der Waals surface area contributed by atoms with Crippen LogP contribution in [0.3, 0.4) is 0 Å².